The molecule has 2 aromatic heterocycles. The summed E-state index contributed by atoms with van der Waals surface area (Å²) in [4.78, 5) is 23.4. The molecule has 0 unspecified atom stereocenters. The van der Waals surface area contributed by atoms with Gasteiger partial charge in [-0.2, -0.15) is 0 Å². The minimum Gasteiger partial charge on any atom is -0.496 e. The number of amides is 2. The van der Waals surface area contributed by atoms with E-state index in [4.69, 9.17) is 4.74 Å². The van der Waals surface area contributed by atoms with Crippen LogP contribution in [-0.4, -0.2) is 34.1 Å². The third kappa shape index (κ3) is 4.09. The van der Waals surface area contributed by atoms with Crippen LogP contribution in [0.15, 0.2) is 54.2 Å². The number of pyridine rings is 1. The van der Waals surface area contributed by atoms with Crippen molar-refractivity contribution in [1.82, 2.24) is 14.9 Å². The van der Waals surface area contributed by atoms with Gasteiger partial charge in [0.15, 0.2) is 5.13 Å². The minimum absolute atomic E-state index is 0.129. The van der Waals surface area contributed by atoms with Gasteiger partial charge < -0.3 is 9.64 Å². The van der Waals surface area contributed by atoms with E-state index in [1.165, 1.54) is 11.3 Å². The normalized spacial score (nSPS) is 13.2. The Morgan fingerprint density at radius 1 is 1.30 bits per heavy atom. The number of hydrogen-bond donors (Lipinski definition) is 1. The summed E-state index contributed by atoms with van der Waals surface area (Å²) in [6, 6.07) is 11.8. The van der Waals surface area contributed by atoms with Crippen LogP contribution >= 0.6 is 11.3 Å². The predicted octanol–water partition coefficient (Wildman–Crippen LogP) is 4.41. The number of ether oxygens (including phenoxy) is 1. The van der Waals surface area contributed by atoms with Gasteiger partial charge in [0.25, 0.3) is 0 Å². The summed E-state index contributed by atoms with van der Waals surface area (Å²) in [5.41, 5.74) is 2.74. The molecular formula is C20H20N4O2S. The number of nitrogens with one attached hydrogen (secondary N) is 1. The van der Waals surface area contributed by atoms with Crippen LogP contribution in [0.25, 0.3) is 11.3 Å². The van der Waals surface area contributed by atoms with Crippen LogP contribution < -0.4 is 10.1 Å². The summed E-state index contributed by atoms with van der Waals surface area (Å²) < 4.78 is 5.42. The highest BCUT2D eigenvalue weighted by atomic mass is 32.1. The van der Waals surface area contributed by atoms with Gasteiger partial charge in [-0.05, 0) is 31.0 Å². The molecule has 0 saturated heterocycles. The lowest BCUT2D eigenvalue weighted by atomic mass is 10.2. The SMILES string of the molecule is COc1ccccc1CN(C(=O)Nc1nc(-c2cccnc2)cs1)C1CC1. The van der Waals surface area contributed by atoms with E-state index in [1.807, 2.05) is 46.7 Å². The quantitative estimate of drug-likeness (QED) is 0.688. The molecule has 0 radical (unpaired) electrons. The van der Waals surface area contributed by atoms with Crippen LogP contribution in [0.3, 0.4) is 0 Å². The van der Waals surface area contributed by atoms with Crippen LogP contribution in [0.4, 0.5) is 9.93 Å². The van der Waals surface area contributed by atoms with Crippen molar-refractivity contribution in [2.45, 2.75) is 25.4 Å². The Morgan fingerprint density at radius 2 is 2.15 bits per heavy atom. The fraction of sp³-hybridized carbons (Fsp3) is 0.250. The van der Waals surface area contributed by atoms with Gasteiger partial charge in [0, 0.05) is 34.9 Å². The van der Waals surface area contributed by atoms with Crippen molar-refractivity contribution in [1.29, 1.82) is 0 Å². The zero-order valence-corrected chi connectivity index (χ0v) is 15.8. The van der Waals surface area contributed by atoms with Gasteiger partial charge in [0.05, 0.1) is 19.3 Å². The van der Waals surface area contributed by atoms with E-state index in [9.17, 15) is 4.79 Å². The van der Waals surface area contributed by atoms with E-state index in [2.05, 4.69) is 15.3 Å². The Labute approximate surface area is 161 Å². The van der Waals surface area contributed by atoms with E-state index in [0.717, 1.165) is 35.4 Å². The second-order valence-electron chi connectivity index (χ2n) is 6.38. The van der Waals surface area contributed by atoms with Crippen molar-refractivity contribution in [2.24, 2.45) is 0 Å². The number of anilines is 1. The maximum absolute atomic E-state index is 12.9. The molecule has 4 rings (SSSR count). The van der Waals surface area contributed by atoms with E-state index >= 15 is 0 Å². The first-order chi connectivity index (χ1) is 13.2. The number of urea groups is 1. The molecule has 6 nitrogen and oxygen atoms in total. The first kappa shape index (κ1) is 17.5. The average molecular weight is 380 g/mol. The van der Waals surface area contributed by atoms with Crippen LogP contribution in [0.2, 0.25) is 0 Å². The number of thiazole rings is 1. The van der Waals surface area contributed by atoms with Crippen LogP contribution in [-0.2, 0) is 6.54 Å². The molecule has 2 heterocycles. The van der Waals surface area contributed by atoms with Crippen molar-refractivity contribution in [3.8, 4) is 17.0 Å². The Kier molecular flexibility index (Phi) is 5.02. The number of methoxy groups -OCH3 is 1. The Hall–Kier alpha value is -2.93. The van der Waals surface area contributed by atoms with Gasteiger partial charge in [0.2, 0.25) is 0 Å². The molecule has 0 atom stereocenters. The lowest BCUT2D eigenvalue weighted by Crippen LogP contribution is -2.36. The summed E-state index contributed by atoms with van der Waals surface area (Å²) in [7, 11) is 1.65. The number of rotatable bonds is 6. The smallest absolute Gasteiger partial charge is 0.324 e. The predicted molar refractivity (Wildman–Crippen MR) is 106 cm³/mol. The highest BCUT2D eigenvalue weighted by molar-refractivity contribution is 7.14. The molecule has 2 amide bonds. The van der Waals surface area contributed by atoms with Crippen molar-refractivity contribution in [3.63, 3.8) is 0 Å². The molecule has 1 saturated carbocycles. The van der Waals surface area contributed by atoms with Gasteiger partial charge in [-0.25, -0.2) is 9.78 Å². The summed E-state index contributed by atoms with van der Waals surface area (Å²) in [5.74, 6) is 0.795. The molecule has 138 valence electrons. The van der Waals surface area contributed by atoms with E-state index in [-0.39, 0.29) is 12.1 Å². The fourth-order valence-corrected chi connectivity index (χ4v) is 3.62. The molecule has 1 aromatic carbocycles. The van der Waals surface area contributed by atoms with Crippen molar-refractivity contribution < 1.29 is 9.53 Å². The number of nitrogens with zero attached hydrogens (tertiary/aromatic N) is 3. The summed E-state index contributed by atoms with van der Waals surface area (Å²) >= 11 is 1.41. The third-order valence-electron chi connectivity index (χ3n) is 4.46. The topological polar surface area (TPSA) is 67.3 Å². The van der Waals surface area contributed by atoms with Crippen LogP contribution in [0.5, 0.6) is 5.75 Å². The maximum Gasteiger partial charge on any atom is 0.324 e. The molecule has 0 bridgehead atoms. The first-order valence-corrected chi connectivity index (χ1v) is 9.68. The molecular weight excluding hydrogens is 360 g/mol. The molecule has 27 heavy (non-hydrogen) atoms. The summed E-state index contributed by atoms with van der Waals surface area (Å²) in [5, 5.41) is 5.46. The number of para-hydroxylation sites is 1. The summed E-state index contributed by atoms with van der Waals surface area (Å²) in [6.45, 7) is 0.515. The highest BCUT2D eigenvalue weighted by Gasteiger charge is 2.33. The zero-order chi connectivity index (χ0) is 18.6. The Morgan fingerprint density at radius 3 is 2.89 bits per heavy atom. The second kappa shape index (κ2) is 7.75. The number of carbonyl (C=O) groups excluding carboxylic acids is 1. The number of aromatic nitrogens is 2. The van der Waals surface area contributed by atoms with Crippen molar-refractivity contribution >= 4 is 22.5 Å². The van der Waals surface area contributed by atoms with Crippen molar-refractivity contribution in [2.75, 3.05) is 12.4 Å². The number of hydrogen-bond acceptors (Lipinski definition) is 5. The largest absolute Gasteiger partial charge is 0.496 e. The fourth-order valence-electron chi connectivity index (χ4n) is 2.91. The van der Waals surface area contributed by atoms with Gasteiger partial charge in [-0.3, -0.25) is 10.3 Å². The molecule has 3 aromatic rings. The maximum atomic E-state index is 12.9. The van der Waals surface area contributed by atoms with Crippen molar-refractivity contribution in [3.05, 3.63) is 59.7 Å². The number of benzene rings is 1. The molecule has 1 fully saturated rings. The zero-order valence-electron chi connectivity index (χ0n) is 15.0. The minimum atomic E-state index is -0.129. The molecule has 0 spiro atoms. The second-order valence-corrected chi connectivity index (χ2v) is 7.24. The highest BCUT2D eigenvalue weighted by Crippen LogP contribution is 2.31. The molecule has 0 aliphatic heterocycles. The molecule has 1 N–H and O–H groups in total. The van der Waals surface area contributed by atoms with Gasteiger partial charge in [-0.1, -0.05) is 18.2 Å². The average Bonchev–Trinajstić information content (AvgIpc) is 3.45. The number of carbonyl (C=O) groups is 1. The Bertz CT molecular complexity index is 924. The van der Waals surface area contributed by atoms with Gasteiger partial charge in [-0.15, -0.1) is 11.3 Å². The summed E-state index contributed by atoms with van der Waals surface area (Å²) in [6.07, 6.45) is 5.55. The van der Waals surface area contributed by atoms with Gasteiger partial charge in [0.1, 0.15) is 5.75 Å². The van der Waals surface area contributed by atoms with Gasteiger partial charge >= 0.3 is 6.03 Å². The third-order valence-corrected chi connectivity index (χ3v) is 5.21. The van der Waals surface area contributed by atoms with E-state index in [1.54, 1.807) is 19.5 Å². The first-order valence-electron chi connectivity index (χ1n) is 8.80. The monoisotopic (exact) mass is 380 g/mol. The van der Waals surface area contributed by atoms with Crippen LogP contribution in [0.1, 0.15) is 18.4 Å². The lowest BCUT2D eigenvalue weighted by Gasteiger charge is -2.23. The lowest BCUT2D eigenvalue weighted by molar-refractivity contribution is 0.205. The molecule has 7 heteroatoms. The molecule has 1 aliphatic rings. The standard InChI is InChI=1S/C20H20N4O2S/c1-26-18-7-3-2-5-15(18)12-24(16-8-9-16)20(25)23-19-22-17(13-27-19)14-6-4-10-21-11-14/h2-7,10-11,13,16H,8-9,12H2,1H3,(H,22,23,25). The Balaban J connectivity index is 1.48. The van der Waals surface area contributed by atoms with Crippen LogP contribution in [0, 0.1) is 0 Å². The molecule has 1 aliphatic carbocycles. The van der Waals surface area contributed by atoms with E-state index in [0.29, 0.717) is 11.7 Å². The van der Waals surface area contributed by atoms with E-state index < -0.39 is 0 Å².